The molecule has 3 aromatic carbocycles. The summed E-state index contributed by atoms with van der Waals surface area (Å²) < 4.78 is 11.4. The van der Waals surface area contributed by atoms with Gasteiger partial charge in [-0.15, -0.1) is 11.3 Å². The first-order chi connectivity index (χ1) is 16.7. The van der Waals surface area contributed by atoms with Crippen LogP contribution in [0.1, 0.15) is 34.1 Å². The molecule has 1 heterocycles. The first-order valence-corrected chi connectivity index (χ1v) is 11.8. The van der Waals surface area contributed by atoms with Gasteiger partial charge in [0.25, 0.3) is 0 Å². The first-order valence-electron chi connectivity index (χ1n) is 10.9. The number of carbonyl (C=O) groups is 2. The Balaban J connectivity index is 1.52. The molecule has 4 nitrogen and oxygen atoms in total. The SMILES string of the molecule is O=C(CC=C(C(=O)OC(c1ccccc1)c1ccccc1)c1cccs1)OCc1ccccc1. The molecule has 0 aliphatic carbocycles. The molecule has 0 aliphatic heterocycles. The van der Waals surface area contributed by atoms with Gasteiger partial charge in [0, 0.05) is 4.88 Å². The van der Waals surface area contributed by atoms with Crippen molar-refractivity contribution in [3.8, 4) is 0 Å². The van der Waals surface area contributed by atoms with Crippen LogP contribution in [0.4, 0.5) is 0 Å². The zero-order valence-corrected chi connectivity index (χ0v) is 19.3. The van der Waals surface area contributed by atoms with E-state index in [1.165, 1.54) is 11.3 Å². The minimum absolute atomic E-state index is 0.0312. The molecule has 0 radical (unpaired) electrons. The lowest BCUT2D eigenvalue weighted by molar-refractivity contribution is -0.143. The maximum Gasteiger partial charge on any atom is 0.340 e. The molecule has 0 unspecified atom stereocenters. The Morgan fingerprint density at radius 2 is 1.35 bits per heavy atom. The van der Waals surface area contributed by atoms with Crippen LogP contribution in [0.3, 0.4) is 0 Å². The van der Waals surface area contributed by atoms with E-state index in [0.29, 0.717) is 5.57 Å². The second kappa shape index (κ2) is 11.8. The Kier molecular flexibility index (Phi) is 8.04. The topological polar surface area (TPSA) is 52.6 Å². The molecule has 0 atom stereocenters. The Morgan fingerprint density at radius 3 is 1.91 bits per heavy atom. The molecule has 0 fully saturated rings. The van der Waals surface area contributed by atoms with Crippen molar-refractivity contribution in [2.75, 3.05) is 0 Å². The number of hydrogen-bond donors (Lipinski definition) is 0. The second-order valence-corrected chi connectivity index (χ2v) is 8.50. The van der Waals surface area contributed by atoms with E-state index in [4.69, 9.17) is 9.47 Å². The molecule has 0 N–H and O–H groups in total. The molecule has 5 heteroatoms. The lowest BCUT2D eigenvalue weighted by Crippen LogP contribution is -2.14. The van der Waals surface area contributed by atoms with Crippen molar-refractivity contribution in [1.29, 1.82) is 0 Å². The second-order valence-electron chi connectivity index (χ2n) is 7.55. The summed E-state index contributed by atoms with van der Waals surface area (Å²) in [5.74, 6) is -0.899. The summed E-state index contributed by atoms with van der Waals surface area (Å²) in [7, 11) is 0. The molecular formula is C29H24O4S. The summed E-state index contributed by atoms with van der Waals surface area (Å²) >= 11 is 1.42. The van der Waals surface area contributed by atoms with Gasteiger partial charge >= 0.3 is 11.9 Å². The van der Waals surface area contributed by atoms with Crippen molar-refractivity contribution >= 4 is 28.8 Å². The van der Waals surface area contributed by atoms with E-state index in [-0.39, 0.29) is 13.0 Å². The van der Waals surface area contributed by atoms with Gasteiger partial charge < -0.3 is 9.47 Å². The average Bonchev–Trinajstić information content (AvgIpc) is 3.42. The highest BCUT2D eigenvalue weighted by Crippen LogP contribution is 2.30. The molecule has 1 aromatic heterocycles. The molecule has 0 spiro atoms. The fourth-order valence-electron chi connectivity index (χ4n) is 3.45. The van der Waals surface area contributed by atoms with E-state index >= 15 is 0 Å². The zero-order chi connectivity index (χ0) is 23.6. The third-order valence-corrected chi connectivity index (χ3v) is 6.05. The highest BCUT2D eigenvalue weighted by atomic mass is 32.1. The van der Waals surface area contributed by atoms with E-state index in [0.717, 1.165) is 21.6 Å². The van der Waals surface area contributed by atoms with Gasteiger partial charge in [-0.3, -0.25) is 4.79 Å². The fraction of sp³-hybridized carbons (Fsp3) is 0.103. The summed E-state index contributed by atoms with van der Waals surface area (Å²) in [6, 6.07) is 32.4. The maximum absolute atomic E-state index is 13.4. The predicted octanol–water partition coefficient (Wildman–Crippen LogP) is 6.60. The van der Waals surface area contributed by atoms with Crippen LogP contribution >= 0.6 is 11.3 Å². The van der Waals surface area contributed by atoms with E-state index in [1.54, 1.807) is 6.08 Å². The quantitative estimate of drug-likeness (QED) is 0.205. The van der Waals surface area contributed by atoms with Crippen LogP contribution in [-0.2, 0) is 25.7 Å². The van der Waals surface area contributed by atoms with Crippen LogP contribution in [0.2, 0.25) is 0 Å². The zero-order valence-electron chi connectivity index (χ0n) is 18.5. The molecule has 0 amide bonds. The van der Waals surface area contributed by atoms with E-state index in [2.05, 4.69) is 0 Å². The largest absolute Gasteiger partial charge is 0.461 e. The van der Waals surface area contributed by atoms with E-state index in [1.807, 2.05) is 109 Å². The molecular weight excluding hydrogens is 444 g/mol. The van der Waals surface area contributed by atoms with E-state index < -0.39 is 18.0 Å². The van der Waals surface area contributed by atoms with Crippen LogP contribution in [-0.4, -0.2) is 11.9 Å². The van der Waals surface area contributed by atoms with Crippen molar-refractivity contribution in [3.63, 3.8) is 0 Å². The van der Waals surface area contributed by atoms with Crippen molar-refractivity contribution in [2.24, 2.45) is 0 Å². The van der Waals surface area contributed by atoms with Gasteiger partial charge in [-0.05, 0) is 28.1 Å². The summed E-state index contributed by atoms with van der Waals surface area (Å²) in [5.41, 5.74) is 3.00. The normalized spacial score (nSPS) is 11.3. The summed E-state index contributed by atoms with van der Waals surface area (Å²) in [5, 5.41) is 1.88. The highest BCUT2D eigenvalue weighted by molar-refractivity contribution is 7.11. The minimum Gasteiger partial charge on any atom is -0.461 e. The Hall–Kier alpha value is -3.96. The number of ether oxygens (including phenoxy) is 2. The third kappa shape index (κ3) is 6.30. The van der Waals surface area contributed by atoms with Crippen molar-refractivity contribution in [1.82, 2.24) is 0 Å². The van der Waals surface area contributed by atoms with Gasteiger partial charge in [0.15, 0.2) is 6.10 Å². The van der Waals surface area contributed by atoms with Crippen LogP contribution in [0.15, 0.2) is 115 Å². The fourth-order valence-corrected chi connectivity index (χ4v) is 4.21. The van der Waals surface area contributed by atoms with Crippen molar-refractivity contribution < 1.29 is 19.1 Å². The third-order valence-electron chi connectivity index (χ3n) is 5.15. The smallest absolute Gasteiger partial charge is 0.340 e. The van der Waals surface area contributed by atoms with Gasteiger partial charge in [0.2, 0.25) is 0 Å². The number of esters is 2. The van der Waals surface area contributed by atoms with Gasteiger partial charge in [-0.2, -0.15) is 0 Å². The Labute approximate surface area is 203 Å². The van der Waals surface area contributed by atoms with Crippen LogP contribution < -0.4 is 0 Å². The van der Waals surface area contributed by atoms with Crippen LogP contribution in [0, 0.1) is 0 Å². The molecule has 4 aromatic rings. The monoisotopic (exact) mass is 468 g/mol. The first kappa shape index (κ1) is 23.2. The molecule has 170 valence electrons. The lowest BCUT2D eigenvalue weighted by Gasteiger charge is -2.19. The number of hydrogen-bond acceptors (Lipinski definition) is 5. The standard InChI is InChI=1S/C29H24O4S/c30-27(32-21-22-11-4-1-5-12-22)19-18-25(26-17-10-20-34-26)29(31)33-28(23-13-6-2-7-14-23)24-15-8-3-9-16-24/h1-18,20,28H,19,21H2. The number of carbonyl (C=O) groups excluding carboxylic acids is 2. The summed E-state index contributed by atoms with van der Waals surface area (Å²) in [6.07, 6.45) is 0.994. The average molecular weight is 469 g/mol. The molecule has 0 saturated heterocycles. The number of rotatable bonds is 9. The molecule has 34 heavy (non-hydrogen) atoms. The van der Waals surface area contributed by atoms with Crippen LogP contribution in [0.5, 0.6) is 0 Å². The van der Waals surface area contributed by atoms with E-state index in [9.17, 15) is 9.59 Å². The predicted molar refractivity (Wildman–Crippen MR) is 134 cm³/mol. The lowest BCUT2D eigenvalue weighted by atomic mass is 10.0. The number of benzene rings is 3. The van der Waals surface area contributed by atoms with Gasteiger partial charge in [0.1, 0.15) is 6.61 Å². The van der Waals surface area contributed by atoms with Gasteiger partial charge in [0.05, 0.1) is 12.0 Å². The van der Waals surface area contributed by atoms with Crippen molar-refractivity contribution in [2.45, 2.75) is 19.1 Å². The van der Waals surface area contributed by atoms with Crippen LogP contribution in [0.25, 0.3) is 5.57 Å². The highest BCUT2D eigenvalue weighted by Gasteiger charge is 2.23. The van der Waals surface area contributed by atoms with Gasteiger partial charge in [-0.25, -0.2) is 4.79 Å². The number of thiophene rings is 1. The molecule has 0 bridgehead atoms. The summed E-state index contributed by atoms with van der Waals surface area (Å²) in [4.78, 5) is 26.5. The maximum atomic E-state index is 13.4. The van der Waals surface area contributed by atoms with Crippen molar-refractivity contribution in [3.05, 3.63) is 136 Å². The molecule has 0 aliphatic rings. The van der Waals surface area contributed by atoms with Gasteiger partial charge in [-0.1, -0.05) is 103 Å². The Morgan fingerprint density at radius 1 is 0.765 bits per heavy atom. The Bertz CT molecular complexity index is 1180. The summed E-state index contributed by atoms with van der Waals surface area (Å²) in [6.45, 7) is 0.191. The molecule has 0 saturated carbocycles. The molecule has 4 rings (SSSR count). The minimum atomic E-state index is -0.566.